The third-order valence-electron chi connectivity index (χ3n) is 3.91. The molecule has 4 heteroatoms. The number of likely N-dealkylation sites (tertiary alicyclic amines) is 1. The molecule has 3 unspecified atom stereocenters. The van der Waals surface area contributed by atoms with Crippen LogP contribution in [0.5, 0.6) is 0 Å². The van der Waals surface area contributed by atoms with Gasteiger partial charge in [-0.15, -0.1) is 0 Å². The van der Waals surface area contributed by atoms with E-state index in [9.17, 15) is 4.39 Å². The summed E-state index contributed by atoms with van der Waals surface area (Å²) in [6, 6.07) is 6.82. The van der Waals surface area contributed by atoms with Gasteiger partial charge in [-0.1, -0.05) is 12.1 Å². The highest BCUT2D eigenvalue weighted by Gasteiger charge is 2.29. The predicted molar refractivity (Wildman–Crippen MR) is 79.0 cm³/mol. The van der Waals surface area contributed by atoms with Gasteiger partial charge in [0, 0.05) is 25.2 Å². The summed E-state index contributed by atoms with van der Waals surface area (Å²) in [6.45, 7) is 6.71. The highest BCUT2D eigenvalue weighted by molar-refractivity contribution is 5.21. The second-order valence-corrected chi connectivity index (χ2v) is 5.57. The minimum absolute atomic E-state index is 0.000776. The maximum atomic E-state index is 13.1. The van der Waals surface area contributed by atoms with Crippen molar-refractivity contribution in [2.24, 2.45) is 5.73 Å². The van der Waals surface area contributed by atoms with Crippen molar-refractivity contribution in [1.29, 1.82) is 0 Å². The first-order valence-corrected chi connectivity index (χ1v) is 7.48. The largest absolute Gasteiger partial charge is 0.377 e. The van der Waals surface area contributed by atoms with Gasteiger partial charge in [-0.25, -0.2) is 4.39 Å². The summed E-state index contributed by atoms with van der Waals surface area (Å²) >= 11 is 0. The van der Waals surface area contributed by atoms with Crippen LogP contribution in [0.3, 0.4) is 0 Å². The van der Waals surface area contributed by atoms with Gasteiger partial charge < -0.3 is 10.5 Å². The van der Waals surface area contributed by atoms with Gasteiger partial charge in [0.2, 0.25) is 0 Å². The average Bonchev–Trinajstić information content (AvgIpc) is 2.42. The standard InChI is InChI=1S/C16H25FN2O/c1-3-20-15-5-4-10-19(11-15)16(12(2)18)13-6-8-14(17)9-7-13/h6-9,12,15-16H,3-5,10-11,18H2,1-2H3. The normalized spacial score (nSPS) is 23.5. The lowest BCUT2D eigenvalue weighted by Gasteiger charge is -2.40. The Labute approximate surface area is 120 Å². The number of benzene rings is 1. The van der Waals surface area contributed by atoms with Crippen molar-refractivity contribution in [2.75, 3.05) is 19.7 Å². The summed E-state index contributed by atoms with van der Waals surface area (Å²) in [4.78, 5) is 2.38. The number of nitrogens with two attached hydrogens (primary N) is 1. The van der Waals surface area contributed by atoms with E-state index in [0.717, 1.165) is 38.1 Å². The first-order valence-electron chi connectivity index (χ1n) is 7.48. The van der Waals surface area contributed by atoms with Gasteiger partial charge >= 0.3 is 0 Å². The first kappa shape index (κ1) is 15.4. The zero-order valence-electron chi connectivity index (χ0n) is 12.4. The van der Waals surface area contributed by atoms with Crippen LogP contribution in [-0.4, -0.2) is 36.7 Å². The van der Waals surface area contributed by atoms with E-state index in [1.54, 1.807) is 0 Å². The molecule has 0 aliphatic carbocycles. The molecule has 2 N–H and O–H groups in total. The third-order valence-corrected chi connectivity index (χ3v) is 3.91. The molecule has 3 atom stereocenters. The Kier molecular flexibility index (Phi) is 5.52. The molecule has 0 amide bonds. The van der Waals surface area contributed by atoms with Gasteiger partial charge in [-0.3, -0.25) is 4.90 Å². The molecular formula is C16H25FN2O. The molecule has 112 valence electrons. The van der Waals surface area contributed by atoms with Crippen molar-refractivity contribution in [2.45, 2.75) is 44.9 Å². The highest BCUT2D eigenvalue weighted by atomic mass is 19.1. The van der Waals surface area contributed by atoms with E-state index in [4.69, 9.17) is 10.5 Å². The Bertz CT molecular complexity index is 405. The fourth-order valence-corrected chi connectivity index (χ4v) is 3.10. The minimum atomic E-state index is -0.206. The van der Waals surface area contributed by atoms with Crippen LogP contribution in [-0.2, 0) is 4.74 Å². The van der Waals surface area contributed by atoms with Gasteiger partial charge in [-0.05, 0) is 50.9 Å². The smallest absolute Gasteiger partial charge is 0.123 e. The lowest BCUT2D eigenvalue weighted by molar-refractivity contribution is -0.0106. The molecule has 1 heterocycles. The summed E-state index contributed by atoms with van der Waals surface area (Å²) in [6.07, 6.45) is 2.52. The van der Waals surface area contributed by atoms with Crippen LogP contribution in [0.2, 0.25) is 0 Å². The molecule has 0 aromatic heterocycles. The third kappa shape index (κ3) is 3.78. The van der Waals surface area contributed by atoms with Crippen LogP contribution in [0.15, 0.2) is 24.3 Å². The fourth-order valence-electron chi connectivity index (χ4n) is 3.10. The quantitative estimate of drug-likeness (QED) is 0.901. The average molecular weight is 280 g/mol. The van der Waals surface area contributed by atoms with Gasteiger partial charge in [0.1, 0.15) is 5.82 Å². The predicted octanol–water partition coefficient (Wildman–Crippen LogP) is 2.71. The Hall–Kier alpha value is -0.970. The van der Waals surface area contributed by atoms with Crippen molar-refractivity contribution < 1.29 is 9.13 Å². The number of ether oxygens (including phenoxy) is 1. The number of hydrogen-bond acceptors (Lipinski definition) is 3. The Morgan fingerprint density at radius 3 is 2.70 bits per heavy atom. The molecule has 1 aliphatic heterocycles. The summed E-state index contributed by atoms with van der Waals surface area (Å²) in [5.74, 6) is -0.206. The summed E-state index contributed by atoms with van der Waals surface area (Å²) in [7, 11) is 0. The van der Waals surface area contributed by atoms with Crippen LogP contribution < -0.4 is 5.73 Å². The van der Waals surface area contributed by atoms with Crippen LogP contribution in [0.25, 0.3) is 0 Å². The number of hydrogen-bond donors (Lipinski definition) is 1. The van der Waals surface area contributed by atoms with Gasteiger partial charge in [-0.2, -0.15) is 0 Å². The molecule has 2 rings (SSSR count). The number of piperidine rings is 1. The molecule has 0 saturated carbocycles. The minimum Gasteiger partial charge on any atom is -0.377 e. The number of nitrogens with zero attached hydrogens (tertiary/aromatic N) is 1. The van der Waals surface area contributed by atoms with E-state index < -0.39 is 0 Å². The Morgan fingerprint density at radius 1 is 1.40 bits per heavy atom. The van der Waals surface area contributed by atoms with E-state index in [0.29, 0.717) is 0 Å². The first-order chi connectivity index (χ1) is 9.61. The zero-order chi connectivity index (χ0) is 14.5. The molecule has 1 aromatic carbocycles. The molecule has 20 heavy (non-hydrogen) atoms. The molecule has 1 saturated heterocycles. The van der Waals surface area contributed by atoms with E-state index in [2.05, 4.69) is 4.90 Å². The Morgan fingerprint density at radius 2 is 2.10 bits per heavy atom. The van der Waals surface area contributed by atoms with Gasteiger partial charge in [0.15, 0.2) is 0 Å². The van der Waals surface area contributed by atoms with E-state index >= 15 is 0 Å². The van der Waals surface area contributed by atoms with Crippen molar-refractivity contribution >= 4 is 0 Å². The van der Waals surface area contributed by atoms with E-state index in [-0.39, 0.29) is 24.0 Å². The van der Waals surface area contributed by atoms with Gasteiger partial charge in [0.25, 0.3) is 0 Å². The van der Waals surface area contributed by atoms with Crippen molar-refractivity contribution in [1.82, 2.24) is 4.90 Å². The lowest BCUT2D eigenvalue weighted by Crippen LogP contribution is -2.46. The highest BCUT2D eigenvalue weighted by Crippen LogP contribution is 2.28. The van der Waals surface area contributed by atoms with E-state index in [1.165, 1.54) is 12.1 Å². The monoisotopic (exact) mass is 280 g/mol. The second kappa shape index (κ2) is 7.16. The van der Waals surface area contributed by atoms with Crippen molar-refractivity contribution in [3.05, 3.63) is 35.6 Å². The molecular weight excluding hydrogens is 255 g/mol. The SMILES string of the molecule is CCOC1CCCN(C(c2ccc(F)cc2)C(C)N)C1. The van der Waals surface area contributed by atoms with Crippen molar-refractivity contribution in [3.8, 4) is 0 Å². The maximum absolute atomic E-state index is 13.1. The van der Waals surface area contributed by atoms with E-state index in [1.807, 2.05) is 26.0 Å². The Balaban J connectivity index is 2.13. The van der Waals surface area contributed by atoms with Crippen LogP contribution in [0.1, 0.15) is 38.3 Å². The van der Waals surface area contributed by atoms with Crippen LogP contribution in [0, 0.1) is 5.82 Å². The lowest BCUT2D eigenvalue weighted by atomic mass is 9.96. The fraction of sp³-hybridized carbons (Fsp3) is 0.625. The van der Waals surface area contributed by atoms with Gasteiger partial charge in [0.05, 0.1) is 6.10 Å². The summed E-state index contributed by atoms with van der Waals surface area (Å²) in [5.41, 5.74) is 7.26. The van der Waals surface area contributed by atoms with Crippen LogP contribution >= 0.6 is 0 Å². The topological polar surface area (TPSA) is 38.5 Å². The molecule has 0 spiro atoms. The molecule has 1 aliphatic rings. The summed E-state index contributed by atoms with van der Waals surface area (Å²) in [5, 5.41) is 0. The molecule has 0 radical (unpaired) electrons. The number of rotatable bonds is 5. The number of halogens is 1. The molecule has 1 fully saturated rings. The zero-order valence-corrected chi connectivity index (χ0v) is 12.4. The molecule has 0 bridgehead atoms. The molecule has 3 nitrogen and oxygen atoms in total. The summed E-state index contributed by atoms with van der Waals surface area (Å²) < 4.78 is 18.8. The van der Waals surface area contributed by atoms with Crippen LogP contribution in [0.4, 0.5) is 4.39 Å². The second-order valence-electron chi connectivity index (χ2n) is 5.57. The van der Waals surface area contributed by atoms with Crippen molar-refractivity contribution in [3.63, 3.8) is 0 Å². The maximum Gasteiger partial charge on any atom is 0.123 e. The molecule has 1 aromatic rings.